The summed E-state index contributed by atoms with van der Waals surface area (Å²) >= 11 is 0. The van der Waals surface area contributed by atoms with E-state index in [1.54, 1.807) is 6.07 Å². The molecule has 29 heavy (non-hydrogen) atoms. The van der Waals surface area contributed by atoms with Gasteiger partial charge in [-0.1, -0.05) is 49.4 Å². The van der Waals surface area contributed by atoms with Crippen LogP contribution in [0.15, 0.2) is 54.6 Å². The van der Waals surface area contributed by atoms with Gasteiger partial charge in [-0.3, -0.25) is 0 Å². The minimum absolute atomic E-state index is 0.0142. The second kappa shape index (κ2) is 7.03. The molecule has 150 valence electrons. The Labute approximate surface area is 172 Å². The minimum atomic E-state index is -0.0142. The Morgan fingerprint density at radius 1 is 1.17 bits per heavy atom. The van der Waals surface area contributed by atoms with Crippen LogP contribution in [0, 0.1) is 5.92 Å². The number of fused-ring (bicyclic) bond motifs is 2. The van der Waals surface area contributed by atoms with Crippen LogP contribution in [-0.4, -0.2) is 27.2 Å². The molecule has 5 rings (SSSR count). The molecule has 4 heteroatoms. The standard InChI is InChI=1S/C25H29N3O/c1-3-20-12-19-14-23-22(27-24(28(23)2)17-8-5-4-6-9-17)15-25(19,16-26-20)18-10-7-11-21(29)13-18/h4-11,13,19-20,26,29H,3,12,14-16H2,1-2H3/t19-,20-,25?/m1/s1. The van der Waals surface area contributed by atoms with Gasteiger partial charge >= 0.3 is 0 Å². The maximum absolute atomic E-state index is 10.2. The predicted octanol–water partition coefficient (Wildman–Crippen LogP) is 4.22. The number of aromatic hydroxyl groups is 1. The number of imidazole rings is 1. The van der Waals surface area contributed by atoms with Crippen LogP contribution in [-0.2, 0) is 25.3 Å². The van der Waals surface area contributed by atoms with E-state index in [0.717, 1.165) is 38.1 Å². The van der Waals surface area contributed by atoms with Gasteiger partial charge in [0.25, 0.3) is 0 Å². The number of nitrogens with zero attached hydrogens (tertiary/aromatic N) is 2. The number of nitrogens with one attached hydrogen (secondary N) is 1. The molecule has 1 aromatic heterocycles. The van der Waals surface area contributed by atoms with Crippen molar-refractivity contribution in [2.75, 3.05) is 6.54 Å². The third-order valence-electron chi connectivity index (χ3n) is 7.22. The summed E-state index contributed by atoms with van der Waals surface area (Å²) in [7, 11) is 2.16. The molecule has 0 saturated carbocycles. The van der Waals surface area contributed by atoms with E-state index < -0.39 is 0 Å². The maximum atomic E-state index is 10.2. The van der Waals surface area contributed by atoms with E-state index in [9.17, 15) is 5.11 Å². The fourth-order valence-corrected chi connectivity index (χ4v) is 5.54. The summed E-state index contributed by atoms with van der Waals surface area (Å²) in [6.07, 6.45) is 4.28. The molecule has 2 aromatic carbocycles. The summed E-state index contributed by atoms with van der Waals surface area (Å²) in [4.78, 5) is 5.12. The highest BCUT2D eigenvalue weighted by Crippen LogP contribution is 2.47. The third kappa shape index (κ3) is 2.98. The molecule has 1 saturated heterocycles. The van der Waals surface area contributed by atoms with Crippen LogP contribution >= 0.6 is 0 Å². The largest absolute Gasteiger partial charge is 0.508 e. The predicted molar refractivity (Wildman–Crippen MR) is 116 cm³/mol. The molecular weight excluding hydrogens is 358 g/mol. The van der Waals surface area contributed by atoms with Gasteiger partial charge in [0.15, 0.2) is 0 Å². The average Bonchev–Trinajstić information content (AvgIpc) is 3.07. The van der Waals surface area contributed by atoms with Crippen molar-refractivity contribution in [3.63, 3.8) is 0 Å². The maximum Gasteiger partial charge on any atom is 0.140 e. The zero-order valence-electron chi connectivity index (χ0n) is 17.2. The first-order chi connectivity index (χ1) is 14.1. The highest BCUT2D eigenvalue weighted by molar-refractivity contribution is 5.57. The van der Waals surface area contributed by atoms with E-state index in [4.69, 9.17) is 4.98 Å². The topological polar surface area (TPSA) is 50.1 Å². The quantitative estimate of drug-likeness (QED) is 0.708. The first kappa shape index (κ1) is 18.4. The van der Waals surface area contributed by atoms with E-state index in [-0.39, 0.29) is 5.41 Å². The van der Waals surface area contributed by atoms with Crippen LogP contribution < -0.4 is 5.32 Å². The summed E-state index contributed by atoms with van der Waals surface area (Å²) in [5, 5.41) is 14.0. The van der Waals surface area contributed by atoms with Gasteiger partial charge in [0.05, 0.1) is 5.69 Å². The molecule has 1 fully saturated rings. The monoisotopic (exact) mass is 387 g/mol. The molecule has 1 aliphatic heterocycles. The van der Waals surface area contributed by atoms with Gasteiger partial charge in [-0.2, -0.15) is 0 Å². The molecular formula is C25H29N3O. The molecule has 0 radical (unpaired) electrons. The van der Waals surface area contributed by atoms with Crippen molar-refractivity contribution in [1.29, 1.82) is 0 Å². The van der Waals surface area contributed by atoms with E-state index in [1.165, 1.54) is 22.5 Å². The lowest BCUT2D eigenvalue weighted by Gasteiger charge is -2.50. The minimum Gasteiger partial charge on any atom is -0.508 e. The first-order valence-corrected chi connectivity index (χ1v) is 10.7. The molecule has 2 N–H and O–H groups in total. The lowest BCUT2D eigenvalue weighted by molar-refractivity contribution is 0.146. The number of phenols is 1. The van der Waals surface area contributed by atoms with Crippen molar-refractivity contribution < 1.29 is 5.11 Å². The summed E-state index contributed by atoms with van der Waals surface area (Å²) in [6.45, 7) is 3.21. The highest BCUT2D eigenvalue weighted by Gasteiger charge is 2.48. The smallest absolute Gasteiger partial charge is 0.140 e. The Kier molecular flexibility index (Phi) is 4.47. The Balaban J connectivity index is 1.61. The zero-order valence-corrected chi connectivity index (χ0v) is 17.2. The summed E-state index contributed by atoms with van der Waals surface area (Å²) < 4.78 is 2.31. The zero-order chi connectivity index (χ0) is 20.0. The molecule has 3 atom stereocenters. The molecule has 1 aliphatic carbocycles. The number of phenolic OH excluding ortho intramolecular Hbond substituents is 1. The second-order valence-electron chi connectivity index (χ2n) is 8.76. The van der Waals surface area contributed by atoms with Crippen LogP contribution in [0.2, 0.25) is 0 Å². The second-order valence-corrected chi connectivity index (χ2v) is 8.76. The summed E-state index contributed by atoms with van der Waals surface area (Å²) in [6, 6.07) is 18.9. The molecule has 2 aliphatic rings. The number of hydrogen-bond donors (Lipinski definition) is 2. The van der Waals surface area contributed by atoms with Gasteiger partial charge in [0, 0.05) is 42.7 Å². The Bertz CT molecular complexity index is 1030. The Hall–Kier alpha value is -2.59. The number of piperidine rings is 1. The molecule has 3 aromatic rings. The van der Waals surface area contributed by atoms with Crippen LogP contribution in [0.4, 0.5) is 0 Å². The lowest BCUT2D eigenvalue weighted by atomic mass is 9.59. The number of rotatable bonds is 3. The summed E-state index contributed by atoms with van der Waals surface area (Å²) in [5.41, 5.74) is 4.98. The molecule has 0 spiro atoms. The number of benzene rings is 2. The van der Waals surface area contributed by atoms with Gasteiger partial charge in [-0.05, 0) is 42.9 Å². The molecule has 0 amide bonds. The molecule has 0 bridgehead atoms. The fraction of sp³-hybridized carbons (Fsp3) is 0.400. The van der Waals surface area contributed by atoms with Crippen molar-refractivity contribution in [3.8, 4) is 17.1 Å². The van der Waals surface area contributed by atoms with Crippen LogP contribution in [0.3, 0.4) is 0 Å². The van der Waals surface area contributed by atoms with E-state index in [1.807, 2.05) is 18.2 Å². The highest BCUT2D eigenvalue weighted by atomic mass is 16.3. The molecule has 4 nitrogen and oxygen atoms in total. The SMILES string of the molecule is CC[C@@H]1C[C@@H]2Cc3c(nc(-c4ccccc4)n3C)CC2(c2cccc(O)c2)CN1. The molecule has 1 unspecified atom stereocenters. The van der Waals surface area contributed by atoms with Gasteiger partial charge in [0.1, 0.15) is 11.6 Å². The van der Waals surface area contributed by atoms with Gasteiger partial charge in [-0.25, -0.2) is 4.98 Å². The van der Waals surface area contributed by atoms with Crippen LogP contribution in [0.1, 0.15) is 36.7 Å². The van der Waals surface area contributed by atoms with Gasteiger partial charge in [-0.15, -0.1) is 0 Å². The number of hydrogen-bond acceptors (Lipinski definition) is 3. The van der Waals surface area contributed by atoms with Crippen molar-refractivity contribution in [1.82, 2.24) is 14.9 Å². The van der Waals surface area contributed by atoms with Crippen LogP contribution in [0.5, 0.6) is 5.75 Å². The normalized spacial score (nSPS) is 26.0. The first-order valence-electron chi connectivity index (χ1n) is 10.7. The average molecular weight is 388 g/mol. The van der Waals surface area contributed by atoms with E-state index in [0.29, 0.717) is 17.7 Å². The summed E-state index contributed by atoms with van der Waals surface area (Å²) in [5.74, 6) is 1.95. The van der Waals surface area contributed by atoms with Crippen molar-refractivity contribution in [2.45, 2.75) is 44.1 Å². The Morgan fingerprint density at radius 3 is 2.76 bits per heavy atom. The van der Waals surface area contributed by atoms with E-state index >= 15 is 0 Å². The number of aromatic nitrogens is 2. The van der Waals surface area contributed by atoms with Crippen LogP contribution in [0.25, 0.3) is 11.4 Å². The van der Waals surface area contributed by atoms with Gasteiger partial charge < -0.3 is 15.0 Å². The fourth-order valence-electron chi connectivity index (χ4n) is 5.54. The molecule has 2 heterocycles. The lowest BCUT2D eigenvalue weighted by Crippen LogP contribution is -2.57. The van der Waals surface area contributed by atoms with Crippen molar-refractivity contribution in [2.24, 2.45) is 13.0 Å². The third-order valence-corrected chi connectivity index (χ3v) is 7.22. The van der Waals surface area contributed by atoms with Crippen molar-refractivity contribution >= 4 is 0 Å². The van der Waals surface area contributed by atoms with Crippen molar-refractivity contribution in [3.05, 3.63) is 71.5 Å². The van der Waals surface area contributed by atoms with E-state index in [2.05, 4.69) is 54.2 Å². The van der Waals surface area contributed by atoms with Gasteiger partial charge in [0.2, 0.25) is 0 Å². The Morgan fingerprint density at radius 2 is 2.00 bits per heavy atom.